The van der Waals surface area contributed by atoms with Crippen LogP contribution in [0.1, 0.15) is 17.0 Å². The molecule has 0 saturated carbocycles. The highest BCUT2D eigenvalue weighted by atomic mass is 16.5. The van der Waals surface area contributed by atoms with Gasteiger partial charge in [-0.1, -0.05) is 35.5 Å². The van der Waals surface area contributed by atoms with Crippen molar-refractivity contribution >= 4 is 22.5 Å². The zero-order valence-corrected chi connectivity index (χ0v) is 16.4. The molecule has 0 bridgehead atoms. The van der Waals surface area contributed by atoms with Gasteiger partial charge in [0.15, 0.2) is 5.82 Å². The standard InChI is InChI=1S/C22H20N4O3/c1-13-8-9-14(2)18(10-13)24-20(27)12-26-19-7-5-4-6-16(19)17(11-21(26)28)22-23-15(3)25-29-22/h4-11H,12H2,1-3H3,(H,24,27). The Morgan fingerprint density at radius 3 is 2.66 bits per heavy atom. The van der Waals surface area contributed by atoms with Gasteiger partial charge in [-0.05, 0) is 44.0 Å². The Balaban J connectivity index is 1.73. The summed E-state index contributed by atoms with van der Waals surface area (Å²) < 4.78 is 6.70. The van der Waals surface area contributed by atoms with E-state index in [2.05, 4.69) is 15.5 Å². The molecule has 0 atom stereocenters. The molecule has 1 amide bonds. The summed E-state index contributed by atoms with van der Waals surface area (Å²) in [5.74, 6) is 0.497. The minimum absolute atomic E-state index is 0.101. The number of hydrogen-bond acceptors (Lipinski definition) is 5. The average molecular weight is 388 g/mol. The van der Waals surface area contributed by atoms with E-state index in [0.717, 1.165) is 22.2 Å². The van der Waals surface area contributed by atoms with E-state index < -0.39 is 0 Å². The van der Waals surface area contributed by atoms with Crippen LogP contribution < -0.4 is 10.9 Å². The van der Waals surface area contributed by atoms with E-state index >= 15 is 0 Å². The number of carbonyl (C=O) groups excluding carboxylic acids is 1. The largest absolute Gasteiger partial charge is 0.334 e. The predicted molar refractivity (Wildman–Crippen MR) is 111 cm³/mol. The Bertz CT molecular complexity index is 1290. The highest BCUT2D eigenvalue weighted by Crippen LogP contribution is 2.26. The molecule has 4 rings (SSSR count). The summed E-state index contributed by atoms with van der Waals surface area (Å²) in [4.78, 5) is 29.8. The third kappa shape index (κ3) is 3.67. The summed E-state index contributed by atoms with van der Waals surface area (Å²) in [5.41, 5.74) is 3.62. The van der Waals surface area contributed by atoms with Crippen LogP contribution >= 0.6 is 0 Å². The van der Waals surface area contributed by atoms with E-state index in [-0.39, 0.29) is 23.9 Å². The van der Waals surface area contributed by atoms with Crippen LogP contribution in [-0.2, 0) is 11.3 Å². The number of para-hydroxylation sites is 1. The first-order valence-electron chi connectivity index (χ1n) is 9.23. The van der Waals surface area contributed by atoms with Gasteiger partial charge < -0.3 is 9.84 Å². The molecule has 2 aromatic heterocycles. The Labute approximate surface area is 167 Å². The molecule has 0 aliphatic heterocycles. The van der Waals surface area contributed by atoms with Gasteiger partial charge >= 0.3 is 0 Å². The van der Waals surface area contributed by atoms with E-state index in [0.29, 0.717) is 16.9 Å². The van der Waals surface area contributed by atoms with Crippen LogP contribution in [0.3, 0.4) is 0 Å². The molecule has 0 aliphatic carbocycles. The molecule has 1 N–H and O–H groups in total. The molecule has 0 fully saturated rings. The average Bonchev–Trinajstić information content (AvgIpc) is 3.13. The van der Waals surface area contributed by atoms with Crippen LogP contribution in [0.4, 0.5) is 5.69 Å². The summed E-state index contributed by atoms with van der Waals surface area (Å²) in [5, 5.41) is 7.46. The Hall–Kier alpha value is -3.74. The third-order valence-corrected chi connectivity index (χ3v) is 4.75. The van der Waals surface area contributed by atoms with Gasteiger partial charge in [0.2, 0.25) is 5.91 Å². The highest BCUT2D eigenvalue weighted by molar-refractivity contribution is 5.95. The minimum atomic E-state index is -0.314. The Morgan fingerprint density at radius 2 is 1.90 bits per heavy atom. The predicted octanol–water partition coefficient (Wildman–Crippen LogP) is 3.62. The maximum atomic E-state index is 12.8. The lowest BCUT2D eigenvalue weighted by Crippen LogP contribution is -2.28. The van der Waals surface area contributed by atoms with Crippen molar-refractivity contribution in [3.05, 3.63) is 75.8 Å². The Kier molecular flexibility index (Phi) is 4.72. The number of aryl methyl sites for hydroxylation is 3. The number of rotatable bonds is 4. The number of benzene rings is 2. The molecular weight excluding hydrogens is 368 g/mol. The number of anilines is 1. The van der Waals surface area contributed by atoms with Crippen LogP contribution in [0.15, 0.2) is 57.8 Å². The van der Waals surface area contributed by atoms with Crippen molar-refractivity contribution in [3.8, 4) is 11.5 Å². The normalized spacial score (nSPS) is 11.0. The molecule has 7 heteroatoms. The lowest BCUT2D eigenvalue weighted by atomic mass is 10.1. The van der Waals surface area contributed by atoms with Crippen molar-refractivity contribution in [2.75, 3.05) is 5.32 Å². The highest BCUT2D eigenvalue weighted by Gasteiger charge is 2.16. The van der Waals surface area contributed by atoms with Gasteiger partial charge in [-0.25, -0.2) is 0 Å². The maximum absolute atomic E-state index is 12.8. The maximum Gasteiger partial charge on any atom is 0.258 e. The minimum Gasteiger partial charge on any atom is -0.334 e. The van der Waals surface area contributed by atoms with E-state index in [1.54, 1.807) is 13.0 Å². The van der Waals surface area contributed by atoms with Crippen LogP contribution in [0.25, 0.3) is 22.4 Å². The van der Waals surface area contributed by atoms with Gasteiger partial charge in [-0.15, -0.1) is 0 Å². The number of aromatic nitrogens is 3. The SMILES string of the molecule is Cc1ccc(C)c(NC(=O)Cn2c(=O)cc(-c3nc(C)no3)c3ccccc32)c1. The molecule has 0 radical (unpaired) electrons. The number of fused-ring (bicyclic) bond motifs is 1. The summed E-state index contributed by atoms with van der Waals surface area (Å²) in [7, 11) is 0. The molecule has 2 aromatic carbocycles. The fourth-order valence-corrected chi connectivity index (χ4v) is 3.28. The molecule has 0 spiro atoms. The molecule has 2 heterocycles. The lowest BCUT2D eigenvalue weighted by Gasteiger charge is -2.13. The molecule has 0 unspecified atom stereocenters. The van der Waals surface area contributed by atoms with E-state index in [1.165, 1.54) is 10.6 Å². The van der Waals surface area contributed by atoms with E-state index in [4.69, 9.17) is 4.52 Å². The van der Waals surface area contributed by atoms with Crippen molar-refractivity contribution in [2.45, 2.75) is 27.3 Å². The second-order valence-corrected chi connectivity index (χ2v) is 7.01. The van der Waals surface area contributed by atoms with Crippen LogP contribution in [0.5, 0.6) is 0 Å². The quantitative estimate of drug-likeness (QED) is 0.577. The van der Waals surface area contributed by atoms with Crippen LogP contribution in [-0.4, -0.2) is 20.6 Å². The molecular formula is C22H20N4O3. The number of pyridine rings is 1. The second kappa shape index (κ2) is 7.35. The van der Waals surface area contributed by atoms with Crippen LogP contribution in [0, 0.1) is 20.8 Å². The van der Waals surface area contributed by atoms with Crippen molar-refractivity contribution < 1.29 is 9.32 Å². The summed E-state index contributed by atoms with van der Waals surface area (Å²) >= 11 is 0. The summed E-state index contributed by atoms with van der Waals surface area (Å²) in [6.45, 7) is 5.51. The molecule has 4 aromatic rings. The molecule has 0 aliphatic rings. The monoisotopic (exact) mass is 388 g/mol. The zero-order chi connectivity index (χ0) is 20.5. The van der Waals surface area contributed by atoms with Crippen molar-refractivity contribution in [1.29, 1.82) is 0 Å². The second-order valence-electron chi connectivity index (χ2n) is 7.01. The van der Waals surface area contributed by atoms with E-state index in [1.807, 2.05) is 50.2 Å². The van der Waals surface area contributed by atoms with Crippen LogP contribution in [0.2, 0.25) is 0 Å². The zero-order valence-electron chi connectivity index (χ0n) is 16.4. The first-order chi connectivity index (χ1) is 13.9. The van der Waals surface area contributed by atoms with Crippen molar-refractivity contribution in [2.24, 2.45) is 0 Å². The van der Waals surface area contributed by atoms with E-state index in [9.17, 15) is 9.59 Å². The summed E-state index contributed by atoms with van der Waals surface area (Å²) in [6.07, 6.45) is 0. The van der Waals surface area contributed by atoms with Crippen molar-refractivity contribution in [3.63, 3.8) is 0 Å². The first-order valence-corrected chi connectivity index (χ1v) is 9.23. The van der Waals surface area contributed by atoms with Gasteiger partial charge in [0, 0.05) is 17.1 Å². The molecule has 29 heavy (non-hydrogen) atoms. The fraction of sp³-hybridized carbons (Fsp3) is 0.182. The van der Waals surface area contributed by atoms with Crippen molar-refractivity contribution in [1.82, 2.24) is 14.7 Å². The number of carbonyl (C=O) groups is 1. The fourth-order valence-electron chi connectivity index (χ4n) is 3.28. The third-order valence-electron chi connectivity index (χ3n) is 4.75. The number of hydrogen-bond donors (Lipinski definition) is 1. The lowest BCUT2D eigenvalue weighted by molar-refractivity contribution is -0.116. The van der Waals surface area contributed by atoms with Gasteiger partial charge in [0.05, 0.1) is 11.1 Å². The van der Waals surface area contributed by atoms with Gasteiger partial charge in [-0.2, -0.15) is 4.98 Å². The molecule has 146 valence electrons. The molecule has 0 saturated heterocycles. The topological polar surface area (TPSA) is 90.0 Å². The number of nitrogens with one attached hydrogen (secondary N) is 1. The first kappa shape index (κ1) is 18.6. The van der Waals surface area contributed by atoms with Gasteiger partial charge in [0.1, 0.15) is 6.54 Å². The van der Waals surface area contributed by atoms with Gasteiger partial charge in [0.25, 0.3) is 11.4 Å². The smallest absolute Gasteiger partial charge is 0.258 e. The summed E-state index contributed by atoms with van der Waals surface area (Å²) in [6, 6.07) is 14.6. The Morgan fingerprint density at radius 1 is 1.10 bits per heavy atom. The molecule has 7 nitrogen and oxygen atoms in total. The van der Waals surface area contributed by atoms with Gasteiger partial charge in [-0.3, -0.25) is 14.2 Å². The number of amides is 1. The number of nitrogens with zero attached hydrogens (tertiary/aromatic N) is 3.